The van der Waals surface area contributed by atoms with Crippen LogP contribution in [0.4, 0.5) is 0 Å². The molecule has 0 saturated carbocycles. The summed E-state index contributed by atoms with van der Waals surface area (Å²) in [5.41, 5.74) is 0.656. The number of hydrogen-bond acceptors (Lipinski definition) is 3. The zero-order valence-corrected chi connectivity index (χ0v) is 11.8. The fraction of sp³-hybridized carbons (Fsp3) is 0.538. The second kappa shape index (κ2) is 6.54. The zero-order valence-electron chi connectivity index (χ0n) is 10.9. The van der Waals surface area contributed by atoms with E-state index in [0.717, 1.165) is 16.2 Å². The number of amides is 1. The Morgan fingerprint density at radius 2 is 2.11 bits per heavy atom. The van der Waals surface area contributed by atoms with Gasteiger partial charge in [-0.15, -0.1) is 11.3 Å². The van der Waals surface area contributed by atoms with Gasteiger partial charge in [-0.2, -0.15) is 0 Å². The zero-order chi connectivity index (χ0) is 13.7. The van der Waals surface area contributed by atoms with Crippen LogP contribution in [0.15, 0.2) is 6.07 Å². The van der Waals surface area contributed by atoms with Crippen LogP contribution in [0, 0.1) is 13.8 Å². The fourth-order valence-electron chi connectivity index (χ4n) is 1.90. The summed E-state index contributed by atoms with van der Waals surface area (Å²) in [5, 5.41) is 11.6. The number of carboxylic acid groups (broad SMARTS) is 1. The molecule has 1 rings (SSSR count). The summed E-state index contributed by atoms with van der Waals surface area (Å²) in [5.74, 6) is -1.05. The van der Waals surface area contributed by atoms with Crippen molar-refractivity contribution in [2.45, 2.75) is 46.1 Å². The predicted molar refractivity (Wildman–Crippen MR) is 72.2 cm³/mol. The van der Waals surface area contributed by atoms with Crippen LogP contribution >= 0.6 is 11.3 Å². The molecule has 0 bridgehead atoms. The van der Waals surface area contributed by atoms with E-state index in [1.165, 1.54) is 0 Å². The van der Waals surface area contributed by atoms with E-state index in [1.54, 1.807) is 11.3 Å². The molecular formula is C13H19NO3S. The molecule has 1 amide bonds. The third-order valence-electron chi connectivity index (χ3n) is 2.68. The van der Waals surface area contributed by atoms with E-state index in [4.69, 9.17) is 5.11 Å². The normalized spacial score (nSPS) is 12.2. The van der Waals surface area contributed by atoms with E-state index < -0.39 is 5.97 Å². The summed E-state index contributed by atoms with van der Waals surface area (Å²) in [6.45, 7) is 5.83. The van der Waals surface area contributed by atoms with Crippen molar-refractivity contribution >= 4 is 23.2 Å². The van der Waals surface area contributed by atoms with Crippen molar-refractivity contribution in [1.29, 1.82) is 0 Å². The highest BCUT2D eigenvalue weighted by molar-refractivity contribution is 7.12. The second-order valence-corrected chi connectivity index (χ2v) is 5.84. The van der Waals surface area contributed by atoms with Crippen LogP contribution in [0.1, 0.15) is 46.3 Å². The SMILES string of the molecule is CCCC(CC(=O)O)NC(=O)c1cc(C)sc1C. The minimum atomic E-state index is -0.882. The summed E-state index contributed by atoms with van der Waals surface area (Å²) >= 11 is 1.57. The fourth-order valence-corrected chi connectivity index (χ4v) is 2.83. The molecule has 0 saturated heterocycles. The molecule has 0 aliphatic heterocycles. The molecule has 1 heterocycles. The highest BCUT2D eigenvalue weighted by Gasteiger charge is 2.18. The lowest BCUT2D eigenvalue weighted by Crippen LogP contribution is -2.36. The Kier molecular flexibility index (Phi) is 5.34. The molecule has 1 aromatic rings. The van der Waals surface area contributed by atoms with Gasteiger partial charge in [0.15, 0.2) is 0 Å². The number of hydrogen-bond donors (Lipinski definition) is 2. The van der Waals surface area contributed by atoms with Crippen LogP contribution in [0.25, 0.3) is 0 Å². The van der Waals surface area contributed by atoms with Gasteiger partial charge >= 0.3 is 5.97 Å². The highest BCUT2D eigenvalue weighted by Crippen LogP contribution is 2.20. The van der Waals surface area contributed by atoms with Crippen molar-refractivity contribution in [3.63, 3.8) is 0 Å². The minimum Gasteiger partial charge on any atom is -0.481 e. The lowest BCUT2D eigenvalue weighted by Gasteiger charge is -2.15. The standard InChI is InChI=1S/C13H19NO3S/c1-4-5-10(7-12(15)16)14-13(17)11-6-8(2)18-9(11)3/h6,10H,4-5,7H2,1-3H3,(H,14,17)(H,15,16). The first-order valence-electron chi connectivity index (χ1n) is 6.03. The molecule has 1 aromatic heterocycles. The first kappa shape index (κ1) is 14.7. The molecule has 4 nitrogen and oxygen atoms in total. The van der Waals surface area contributed by atoms with E-state index in [9.17, 15) is 9.59 Å². The van der Waals surface area contributed by atoms with E-state index in [-0.39, 0.29) is 18.4 Å². The molecule has 1 atom stereocenters. The van der Waals surface area contributed by atoms with Crippen LogP contribution in [0.3, 0.4) is 0 Å². The molecule has 2 N–H and O–H groups in total. The molecule has 0 radical (unpaired) electrons. The summed E-state index contributed by atoms with van der Waals surface area (Å²) in [6, 6.07) is 1.55. The molecule has 0 fully saturated rings. The van der Waals surface area contributed by atoms with Gasteiger partial charge in [-0.3, -0.25) is 9.59 Å². The van der Waals surface area contributed by atoms with Crippen molar-refractivity contribution in [1.82, 2.24) is 5.32 Å². The van der Waals surface area contributed by atoms with Gasteiger partial charge in [-0.05, 0) is 26.3 Å². The lowest BCUT2D eigenvalue weighted by atomic mass is 10.1. The van der Waals surface area contributed by atoms with E-state index in [2.05, 4.69) is 5.32 Å². The largest absolute Gasteiger partial charge is 0.481 e. The van der Waals surface area contributed by atoms with Crippen molar-refractivity contribution in [2.24, 2.45) is 0 Å². The van der Waals surface area contributed by atoms with Crippen LogP contribution in [0.5, 0.6) is 0 Å². The van der Waals surface area contributed by atoms with Gasteiger partial charge in [0.1, 0.15) is 0 Å². The summed E-state index contributed by atoms with van der Waals surface area (Å²) in [4.78, 5) is 24.8. The number of aryl methyl sites for hydroxylation is 2. The molecule has 5 heteroatoms. The first-order valence-corrected chi connectivity index (χ1v) is 6.85. The van der Waals surface area contributed by atoms with E-state index >= 15 is 0 Å². The van der Waals surface area contributed by atoms with Crippen molar-refractivity contribution in [2.75, 3.05) is 0 Å². The first-order chi connectivity index (χ1) is 8.43. The topological polar surface area (TPSA) is 66.4 Å². The summed E-state index contributed by atoms with van der Waals surface area (Å²) < 4.78 is 0. The van der Waals surface area contributed by atoms with E-state index in [0.29, 0.717) is 12.0 Å². The lowest BCUT2D eigenvalue weighted by molar-refractivity contribution is -0.137. The second-order valence-electron chi connectivity index (χ2n) is 4.38. The third kappa shape index (κ3) is 4.14. The number of thiophene rings is 1. The number of carboxylic acids is 1. The van der Waals surface area contributed by atoms with Crippen molar-refractivity contribution in [3.05, 3.63) is 21.4 Å². The molecule has 1 unspecified atom stereocenters. The average Bonchev–Trinajstić information content (AvgIpc) is 2.57. The van der Waals surface area contributed by atoms with E-state index in [1.807, 2.05) is 26.8 Å². The van der Waals surface area contributed by atoms with Crippen LogP contribution in [-0.2, 0) is 4.79 Å². The highest BCUT2D eigenvalue weighted by atomic mass is 32.1. The van der Waals surface area contributed by atoms with Crippen molar-refractivity contribution < 1.29 is 14.7 Å². The van der Waals surface area contributed by atoms with Gasteiger partial charge in [0.2, 0.25) is 0 Å². The predicted octanol–water partition coefficient (Wildman–Crippen LogP) is 2.74. The Morgan fingerprint density at radius 3 is 2.56 bits per heavy atom. The number of carbonyl (C=O) groups is 2. The Balaban J connectivity index is 2.71. The maximum Gasteiger partial charge on any atom is 0.305 e. The molecule has 0 spiro atoms. The van der Waals surface area contributed by atoms with Gasteiger partial charge < -0.3 is 10.4 Å². The smallest absolute Gasteiger partial charge is 0.305 e. The summed E-state index contributed by atoms with van der Waals surface area (Å²) in [6.07, 6.45) is 1.50. The molecular weight excluding hydrogens is 250 g/mol. The Morgan fingerprint density at radius 1 is 1.44 bits per heavy atom. The quantitative estimate of drug-likeness (QED) is 0.834. The Labute approximate surface area is 111 Å². The number of carbonyl (C=O) groups excluding carboxylic acids is 1. The van der Waals surface area contributed by atoms with Gasteiger partial charge in [-0.1, -0.05) is 13.3 Å². The maximum atomic E-state index is 12.0. The van der Waals surface area contributed by atoms with Gasteiger partial charge in [-0.25, -0.2) is 0 Å². The summed E-state index contributed by atoms with van der Waals surface area (Å²) in [7, 11) is 0. The number of nitrogens with one attached hydrogen (secondary N) is 1. The molecule has 100 valence electrons. The Hall–Kier alpha value is -1.36. The van der Waals surface area contributed by atoms with Crippen LogP contribution < -0.4 is 5.32 Å². The molecule has 0 aliphatic rings. The van der Waals surface area contributed by atoms with Crippen LogP contribution in [0.2, 0.25) is 0 Å². The molecule has 0 aromatic carbocycles. The van der Waals surface area contributed by atoms with Crippen molar-refractivity contribution in [3.8, 4) is 0 Å². The third-order valence-corrected chi connectivity index (χ3v) is 3.64. The van der Waals surface area contributed by atoms with Gasteiger partial charge in [0.25, 0.3) is 5.91 Å². The maximum absolute atomic E-state index is 12.0. The average molecular weight is 269 g/mol. The van der Waals surface area contributed by atoms with Crippen LogP contribution in [-0.4, -0.2) is 23.0 Å². The monoisotopic (exact) mass is 269 g/mol. The number of rotatable bonds is 6. The van der Waals surface area contributed by atoms with Gasteiger partial charge in [0.05, 0.1) is 12.0 Å². The number of aliphatic carboxylic acids is 1. The molecule has 18 heavy (non-hydrogen) atoms. The molecule has 0 aliphatic carbocycles. The minimum absolute atomic E-state index is 0.0260. The van der Waals surface area contributed by atoms with Gasteiger partial charge in [0, 0.05) is 15.8 Å². The Bertz CT molecular complexity index is 439.